The van der Waals surface area contributed by atoms with E-state index in [-0.39, 0.29) is 22.3 Å². The van der Waals surface area contributed by atoms with Crippen molar-refractivity contribution in [3.8, 4) is 0 Å². The fourth-order valence-corrected chi connectivity index (χ4v) is 6.02. The van der Waals surface area contributed by atoms with E-state index in [9.17, 15) is 87.9 Å². The molecule has 0 aliphatic heterocycles. The van der Waals surface area contributed by atoms with Crippen molar-refractivity contribution in [1.29, 1.82) is 0 Å². The highest BCUT2D eigenvalue weighted by Gasteiger charge is 2.30. The quantitative estimate of drug-likeness (QED) is 0.0351. The molecule has 3 aromatic rings. The number of esters is 10. The lowest BCUT2D eigenvalue weighted by molar-refractivity contribution is -0.143. The number of benzene rings is 3. The Morgan fingerprint density at radius 3 is 0.928 bits per heavy atom. The van der Waals surface area contributed by atoms with Crippen LogP contribution in [0.1, 0.15) is 121 Å². The van der Waals surface area contributed by atoms with Crippen molar-refractivity contribution in [2.75, 3.05) is 52.9 Å². The predicted molar refractivity (Wildman–Crippen MR) is 275 cm³/mol. The molecule has 28 nitrogen and oxygen atoms in total. The first-order chi connectivity index (χ1) is 38.9. The maximum absolute atomic E-state index is 13.8. The second kappa shape index (κ2) is 31.4. The molecular formula is C55H54O28. The molecule has 0 aliphatic carbocycles. The molecule has 83 heavy (non-hydrogen) atoms. The summed E-state index contributed by atoms with van der Waals surface area (Å²) in [5.41, 5.74) is -6.25. The summed E-state index contributed by atoms with van der Waals surface area (Å²) in [6.45, 7) is 12.4. The van der Waals surface area contributed by atoms with Crippen molar-refractivity contribution in [3.05, 3.63) is 153 Å². The number of hydrogen-bond donors (Lipinski definition) is 5. The molecule has 0 saturated heterocycles. The number of carbonyl (C=O) groups excluding carboxylic acids is 10. The minimum Gasteiger partial charge on any atom is -0.478 e. The van der Waals surface area contributed by atoms with Gasteiger partial charge < -0.3 is 72.9 Å². The van der Waals surface area contributed by atoms with Crippen molar-refractivity contribution >= 4 is 77.6 Å². The van der Waals surface area contributed by atoms with Gasteiger partial charge in [0.15, 0.2) is 12.2 Å². The molecule has 0 radical (unpaired) electrons. The van der Waals surface area contributed by atoms with E-state index in [4.69, 9.17) is 47.4 Å². The van der Waals surface area contributed by atoms with Crippen LogP contribution in [0.2, 0.25) is 0 Å². The van der Waals surface area contributed by atoms with Gasteiger partial charge in [0.25, 0.3) is 0 Å². The molecule has 0 spiro atoms. The molecule has 0 amide bonds. The standard InChI is InChI=1S/C55H54O28/c1-26(2)46(64)74-18-33(56)20-76-50(68)30-11-14-39(40(15-30)45(62)63)54(72)82-35(22-78-48(66)28(5)6)24-80-52(70)32-10-13-38(44(60)61)42(17-32)55(73)83-36(23-79-49(67)29(7)8)25-81-51(69)31-9-12-37(43(58)59)41(16-31)53(71)77-21-34(57)19-75-47(65)27(3)4/h9-17,33-36,56-57H,1,3,5,7,18-25H2,2,4,6,8H3,(H,58,59)(H,60,61)(H,62,63). The summed E-state index contributed by atoms with van der Waals surface area (Å²) in [5, 5.41) is 49.8. The van der Waals surface area contributed by atoms with Crippen molar-refractivity contribution in [3.63, 3.8) is 0 Å². The smallest absolute Gasteiger partial charge is 0.339 e. The lowest BCUT2D eigenvalue weighted by Crippen LogP contribution is -2.32. The third-order valence-electron chi connectivity index (χ3n) is 10.3. The first-order valence-corrected chi connectivity index (χ1v) is 23.8. The van der Waals surface area contributed by atoms with E-state index < -0.39 is 205 Å². The van der Waals surface area contributed by atoms with E-state index in [0.29, 0.717) is 6.07 Å². The Labute approximate surface area is 469 Å². The highest BCUT2D eigenvalue weighted by Crippen LogP contribution is 2.21. The largest absolute Gasteiger partial charge is 0.478 e. The van der Waals surface area contributed by atoms with E-state index in [0.717, 1.165) is 48.5 Å². The predicted octanol–water partition coefficient (Wildman–Crippen LogP) is 3.06. The van der Waals surface area contributed by atoms with Crippen LogP contribution in [0.15, 0.2) is 103 Å². The first-order valence-electron chi connectivity index (χ1n) is 23.8. The molecular weight excluding hydrogens is 1110 g/mol. The third-order valence-corrected chi connectivity index (χ3v) is 10.3. The van der Waals surface area contributed by atoms with Crippen LogP contribution >= 0.6 is 0 Å². The maximum Gasteiger partial charge on any atom is 0.339 e. The van der Waals surface area contributed by atoms with E-state index in [1.165, 1.54) is 27.7 Å². The van der Waals surface area contributed by atoms with E-state index in [1.54, 1.807) is 0 Å². The van der Waals surface area contributed by atoms with E-state index in [1.807, 2.05) is 0 Å². The van der Waals surface area contributed by atoms with Crippen LogP contribution in [-0.4, -0.2) is 180 Å². The Morgan fingerprint density at radius 1 is 0.337 bits per heavy atom. The lowest BCUT2D eigenvalue weighted by Gasteiger charge is -2.20. The van der Waals surface area contributed by atoms with Gasteiger partial charge in [-0.25, -0.2) is 62.3 Å². The van der Waals surface area contributed by atoms with Crippen LogP contribution in [0.25, 0.3) is 0 Å². The Bertz CT molecular complexity index is 3130. The van der Waals surface area contributed by atoms with Gasteiger partial charge in [0, 0.05) is 22.3 Å². The molecule has 442 valence electrons. The van der Waals surface area contributed by atoms with E-state index >= 15 is 0 Å². The highest BCUT2D eigenvalue weighted by molar-refractivity contribution is 6.07. The zero-order valence-corrected chi connectivity index (χ0v) is 44.6. The Morgan fingerprint density at radius 2 is 0.590 bits per heavy atom. The van der Waals surface area contributed by atoms with Crippen molar-refractivity contribution in [2.24, 2.45) is 0 Å². The molecule has 28 heteroatoms. The van der Waals surface area contributed by atoms with Crippen molar-refractivity contribution in [1.82, 2.24) is 0 Å². The molecule has 0 saturated carbocycles. The molecule has 0 bridgehead atoms. The van der Waals surface area contributed by atoms with E-state index in [2.05, 4.69) is 26.3 Å². The fourth-order valence-electron chi connectivity index (χ4n) is 6.02. The number of carboxylic acid groups (broad SMARTS) is 3. The molecule has 4 atom stereocenters. The molecule has 0 heterocycles. The minimum atomic E-state index is -1.79. The van der Waals surface area contributed by atoms with Gasteiger partial charge in [-0.3, -0.25) is 0 Å². The Balaban J connectivity index is 1.86. The number of rotatable bonds is 31. The number of aliphatic hydroxyl groups excluding tert-OH is 2. The summed E-state index contributed by atoms with van der Waals surface area (Å²) in [6, 6.07) is 7.38. The number of carbonyl (C=O) groups is 13. The highest BCUT2D eigenvalue weighted by atomic mass is 16.6. The van der Waals surface area contributed by atoms with Gasteiger partial charge in [-0.15, -0.1) is 0 Å². The average molecular weight is 1160 g/mol. The number of carboxylic acids is 3. The molecule has 5 N–H and O–H groups in total. The molecule has 0 fully saturated rings. The SMILES string of the molecule is C=C(C)C(=O)OCC(O)COC(=O)c1ccc(C(=O)OC(COC(=O)C(=C)C)COC(=O)c2ccc(C(=O)O)c(C(=O)OC(COC(=O)C(=C)C)COC(=O)c3ccc(C(=O)O)c(C(=O)OCC(O)COC(=O)C(=C)C)c3)c2)c(C(=O)O)c1. The van der Waals surface area contributed by atoms with Gasteiger partial charge in [0.05, 0.1) is 50.1 Å². The number of ether oxygens (including phenoxy) is 10. The molecule has 3 rings (SSSR count). The molecule has 0 aromatic heterocycles. The molecule has 3 aromatic carbocycles. The van der Waals surface area contributed by atoms with Gasteiger partial charge in [-0.1, -0.05) is 26.3 Å². The van der Waals surface area contributed by atoms with Gasteiger partial charge in [0.1, 0.15) is 65.1 Å². The Kier molecular flexibility index (Phi) is 25.4. The molecule has 0 aliphatic rings. The van der Waals surface area contributed by atoms with Gasteiger partial charge in [-0.05, 0) is 82.3 Å². The van der Waals surface area contributed by atoms with Crippen LogP contribution < -0.4 is 0 Å². The minimum absolute atomic E-state index is 0.00665. The van der Waals surface area contributed by atoms with Crippen molar-refractivity contribution in [2.45, 2.75) is 52.1 Å². The van der Waals surface area contributed by atoms with Gasteiger partial charge in [0.2, 0.25) is 0 Å². The second-order valence-electron chi connectivity index (χ2n) is 17.5. The average Bonchev–Trinajstić information content (AvgIpc) is 3.59. The van der Waals surface area contributed by atoms with Crippen LogP contribution in [0.5, 0.6) is 0 Å². The van der Waals surface area contributed by atoms with Gasteiger partial charge >= 0.3 is 77.6 Å². The molecule has 4 unspecified atom stereocenters. The topological polar surface area (TPSA) is 415 Å². The maximum atomic E-state index is 13.8. The Hall–Kier alpha value is -10.4. The zero-order chi connectivity index (χ0) is 62.4. The number of aromatic carboxylic acids is 3. The normalized spacial score (nSPS) is 11.9. The monoisotopic (exact) mass is 1160 g/mol. The number of aliphatic hydroxyl groups is 2. The fraction of sp³-hybridized carbons (Fsp3) is 0.291. The van der Waals surface area contributed by atoms with Crippen LogP contribution in [0.3, 0.4) is 0 Å². The number of hydrogen-bond acceptors (Lipinski definition) is 25. The second-order valence-corrected chi connectivity index (χ2v) is 17.5. The van der Waals surface area contributed by atoms with Crippen LogP contribution in [0, 0.1) is 0 Å². The summed E-state index contributed by atoms with van der Waals surface area (Å²) >= 11 is 0. The summed E-state index contributed by atoms with van der Waals surface area (Å²) in [5.74, 6) is -17.0. The zero-order valence-electron chi connectivity index (χ0n) is 44.6. The first kappa shape index (κ1) is 66.9. The van der Waals surface area contributed by atoms with Crippen LogP contribution in [0.4, 0.5) is 0 Å². The summed E-state index contributed by atoms with van der Waals surface area (Å²) in [7, 11) is 0. The lowest BCUT2D eigenvalue weighted by atomic mass is 10.0. The van der Waals surface area contributed by atoms with Crippen LogP contribution in [-0.2, 0) is 66.5 Å². The summed E-state index contributed by atoms with van der Waals surface area (Å²) < 4.78 is 50.8. The summed E-state index contributed by atoms with van der Waals surface area (Å²) in [6.07, 6.45) is -6.59. The summed E-state index contributed by atoms with van der Waals surface area (Å²) in [4.78, 5) is 164. The van der Waals surface area contributed by atoms with Crippen molar-refractivity contribution < 1.29 is 135 Å². The third kappa shape index (κ3) is 21.0. The van der Waals surface area contributed by atoms with Gasteiger partial charge in [-0.2, -0.15) is 0 Å².